The highest BCUT2D eigenvalue weighted by molar-refractivity contribution is 7.35. The normalized spacial score (nSPS) is 12.2. The van der Waals surface area contributed by atoms with Gasteiger partial charge < -0.3 is 14.2 Å². The molecule has 0 atom stereocenters. The third kappa shape index (κ3) is 5.62. The van der Waals surface area contributed by atoms with Crippen LogP contribution in [0.1, 0.15) is 16.7 Å². The summed E-state index contributed by atoms with van der Waals surface area (Å²) in [6.45, 7) is -0.385. The van der Waals surface area contributed by atoms with Crippen molar-refractivity contribution in [1.29, 1.82) is 21.0 Å². The number of benzene rings is 2. The average molecular weight is 731 g/mol. The third-order valence-electron chi connectivity index (χ3n) is 7.09. The second-order valence-electron chi connectivity index (χ2n) is 10.1. The number of rotatable bonds is 8. The van der Waals surface area contributed by atoms with Crippen LogP contribution in [-0.4, -0.2) is 33.3 Å². The van der Waals surface area contributed by atoms with Gasteiger partial charge in [-0.1, -0.05) is 83.3 Å². The lowest BCUT2D eigenvalue weighted by molar-refractivity contribution is -0.183. The average Bonchev–Trinajstić information content (AvgIpc) is 3.90. The molecular formula is C33H14N8O5S4. The summed E-state index contributed by atoms with van der Waals surface area (Å²) in [7, 11) is 0. The first-order valence-corrected chi connectivity index (χ1v) is 17.4. The van der Waals surface area contributed by atoms with Gasteiger partial charge >= 0.3 is 17.5 Å². The van der Waals surface area contributed by atoms with Crippen LogP contribution in [0, 0.1) is 45.3 Å². The summed E-state index contributed by atoms with van der Waals surface area (Å²) in [6, 6.07) is 24.6. The quantitative estimate of drug-likeness (QED) is 0.0884. The smallest absolute Gasteiger partial charge is 0.367 e. The second-order valence-corrected chi connectivity index (χ2v) is 14.1. The van der Waals surface area contributed by atoms with Crippen LogP contribution in [0.25, 0.3) is 28.8 Å². The Morgan fingerprint density at radius 2 is 1.14 bits per heavy atom. The van der Waals surface area contributed by atoms with Crippen LogP contribution in [0.2, 0.25) is 0 Å². The van der Waals surface area contributed by atoms with Gasteiger partial charge in [0.25, 0.3) is 0 Å². The molecule has 0 saturated carbocycles. The molecule has 1 aliphatic heterocycles. The van der Waals surface area contributed by atoms with E-state index in [0.717, 1.165) is 34.0 Å². The number of nitriles is 4. The standard InChI is InChI=1S/C33H14N8O5S4/c34-11-19(12-35)38-31-40-27-24(49-31)21-23(47-27)25-22(26-28(48-25)41-32(50-26)39-20(13-36)14-37)46-33(21,29(42)44-15-17-7-3-1-4-8-17)30(43)45-16-18-9-5-2-6-10-18/h1-10H,15-16H2. The van der Waals surface area contributed by atoms with E-state index in [2.05, 4.69) is 20.0 Å². The number of esters is 2. The number of thiophene rings is 2. The molecule has 0 bridgehead atoms. The molecule has 50 heavy (non-hydrogen) atoms. The molecule has 5 heterocycles. The molecule has 13 nitrogen and oxygen atoms in total. The highest BCUT2D eigenvalue weighted by atomic mass is 32.1. The van der Waals surface area contributed by atoms with E-state index in [9.17, 15) is 30.6 Å². The zero-order valence-electron chi connectivity index (χ0n) is 24.9. The van der Waals surface area contributed by atoms with E-state index in [0.29, 0.717) is 39.9 Å². The molecule has 0 saturated heterocycles. The number of carbonyl (C=O) groups excluding carboxylic acids is 2. The summed E-state index contributed by atoms with van der Waals surface area (Å²) in [4.78, 5) is 47.9. The molecule has 2 aromatic carbocycles. The van der Waals surface area contributed by atoms with Gasteiger partial charge in [0, 0.05) is 0 Å². The monoisotopic (exact) mass is 730 g/mol. The third-order valence-corrected chi connectivity index (χ3v) is 11.6. The van der Waals surface area contributed by atoms with Gasteiger partial charge in [-0.3, -0.25) is 0 Å². The molecule has 6 aromatic rings. The minimum Gasteiger partial charge on any atom is -0.457 e. The van der Waals surface area contributed by atoms with Gasteiger partial charge in [0.15, 0.2) is 5.75 Å². The molecule has 0 spiro atoms. The van der Waals surface area contributed by atoms with Gasteiger partial charge in [-0.2, -0.15) is 31.0 Å². The van der Waals surface area contributed by atoms with Gasteiger partial charge in [0.1, 0.15) is 51.9 Å². The lowest BCUT2D eigenvalue weighted by atomic mass is 9.91. The van der Waals surface area contributed by atoms with Crippen molar-refractivity contribution in [1.82, 2.24) is 9.97 Å². The minimum absolute atomic E-state index is 0.0595. The highest BCUT2D eigenvalue weighted by Crippen LogP contribution is 2.60. The molecule has 0 N–H and O–H groups in total. The molecule has 17 heteroatoms. The summed E-state index contributed by atoms with van der Waals surface area (Å²) >= 11 is 4.34. The topological polar surface area (TPSA) is 207 Å². The predicted octanol–water partition coefficient (Wildman–Crippen LogP) is 7.01. The van der Waals surface area contributed by atoms with Gasteiger partial charge in [0.2, 0.25) is 21.7 Å². The zero-order valence-corrected chi connectivity index (χ0v) is 28.2. The first kappa shape index (κ1) is 32.2. The molecule has 4 aromatic heterocycles. The summed E-state index contributed by atoms with van der Waals surface area (Å²) in [5.41, 5.74) is -1.90. The summed E-state index contributed by atoms with van der Waals surface area (Å²) in [5.74, 6) is -1.97. The SMILES string of the molecule is N#CC(C#N)=Nc1nc2sc3c(c2s1)OC(C(=O)OCc1ccccc1)(C(=O)OCc1ccccc1)c1c-3sc2nc(N=C(C#N)C#N)sc12. The molecule has 0 aliphatic carbocycles. The lowest BCUT2D eigenvalue weighted by Gasteiger charge is -2.33. The number of fused-ring (bicyclic) bond motifs is 7. The fourth-order valence-corrected chi connectivity index (χ4v) is 9.66. The zero-order chi connectivity index (χ0) is 34.8. The van der Waals surface area contributed by atoms with E-state index in [-0.39, 0.29) is 34.8 Å². The number of ether oxygens (including phenoxy) is 3. The summed E-state index contributed by atoms with van der Waals surface area (Å²) in [5, 5.41) is 37.2. The van der Waals surface area contributed by atoms with Crippen LogP contribution in [0.15, 0.2) is 70.6 Å². The Balaban J connectivity index is 1.44. The van der Waals surface area contributed by atoms with Crippen molar-refractivity contribution in [2.24, 2.45) is 9.98 Å². The van der Waals surface area contributed by atoms with Crippen LogP contribution < -0.4 is 4.74 Å². The van der Waals surface area contributed by atoms with Crippen LogP contribution in [0.3, 0.4) is 0 Å². The number of aliphatic imine (C=N–C) groups is 2. The Labute approximate surface area is 297 Å². The van der Waals surface area contributed by atoms with Gasteiger partial charge in [0.05, 0.1) is 20.0 Å². The van der Waals surface area contributed by atoms with E-state index < -0.39 is 29.0 Å². The lowest BCUT2D eigenvalue weighted by Crippen LogP contribution is -2.52. The second kappa shape index (κ2) is 13.3. The van der Waals surface area contributed by atoms with Crippen molar-refractivity contribution in [3.8, 4) is 39.8 Å². The number of nitrogens with zero attached hydrogens (tertiary/aromatic N) is 8. The summed E-state index contributed by atoms with van der Waals surface area (Å²) in [6.07, 6.45) is 0. The Morgan fingerprint density at radius 1 is 0.680 bits per heavy atom. The van der Waals surface area contributed by atoms with Crippen molar-refractivity contribution in [2.75, 3.05) is 0 Å². The number of aromatic nitrogens is 2. The van der Waals surface area contributed by atoms with E-state index in [1.807, 2.05) is 12.1 Å². The van der Waals surface area contributed by atoms with Gasteiger partial charge in [-0.15, -0.1) is 22.7 Å². The Kier molecular flexibility index (Phi) is 8.56. The van der Waals surface area contributed by atoms with E-state index >= 15 is 0 Å². The van der Waals surface area contributed by atoms with Crippen LogP contribution in [0.5, 0.6) is 5.75 Å². The van der Waals surface area contributed by atoms with Crippen LogP contribution >= 0.6 is 45.3 Å². The Bertz CT molecular complexity index is 2490. The van der Waals surface area contributed by atoms with Crippen molar-refractivity contribution < 1.29 is 23.8 Å². The van der Waals surface area contributed by atoms with Crippen molar-refractivity contribution in [3.63, 3.8) is 0 Å². The maximum Gasteiger partial charge on any atom is 0.367 e. The van der Waals surface area contributed by atoms with Crippen molar-refractivity contribution in [2.45, 2.75) is 18.8 Å². The number of carbonyl (C=O) groups is 2. The summed E-state index contributed by atoms with van der Waals surface area (Å²) < 4.78 is 19.0. The molecule has 0 radical (unpaired) electrons. The maximum atomic E-state index is 14.5. The molecule has 0 amide bonds. The number of hydrogen-bond acceptors (Lipinski definition) is 17. The molecule has 0 unspecified atom stereocenters. The molecule has 7 rings (SSSR count). The van der Waals surface area contributed by atoms with E-state index in [1.54, 1.807) is 72.8 Å². The molecular weight excluding hydrogens is 717 g/mol. The molecule has 1 aliphatic rings. The number of thiazole rings is 2. The first-order chi connectivity index (χ1) is 24.4. The largest absolute Gasteiger partial charge is 0.457 e. The van der Waals surface area contributed by atoms with Crippen LogP contribution in [-0.2, 0) is 37.9 Å². The predicted molar refractivity (Wildman–Crippen MR) is 185 cm³/mol. The first-order valence-electron chi connectivity index (χ1n) is 14.1. The van der Waals surface area contributed by atoms with Crippen molar-refractivity contribution in [3.05, 3.63) is 77.4 Å². The van der Waals surface area contributed by atoms with E-state index in [4.69, 9.17) is 14.2 Å². The Hall–Kier alpha value is -6.34. The van der Waals surface area contributed by atoms with Crippen molar-refractivity contribution >= 4 is 98.0 Å². The van der Waals surface area contributed by atoms with Crippen LogP contribution in [0.4, 0.5) is 10.3 Å². The fraction of sp³-hybridized carbons (Fsp3) is 0.0909. The molecule has 0 fully saturated rings. The molecule has 240 valence electrons. The van der Waals surface area contributed by atoms with Gasteiger partial charge in [-0.05, 0) is 11.1 Å². The number of hydrogen-bond donors (Lipinski definition) is 0. The maximum absolute atomic E-state index is 14.5. The highest BCUT2D eigenvalue weighted by Gasteiger charge is 2.60. The fourth-order valence-electron chi connectivity index (χ4n) is 4.91. The Morgan fingerprint density at radius 3 is 1.64 bits per heavy atom. The van der Waals surface area contributed by atoms with Gasteiger partial charge in [-0.25, -0.2) is 19.6 Å². The minimum atomic E-state index is -2.52. The van der Waals surface area contributed by atoms with E-state index in [1.165, 1.54) is 11.3 Å².